The van der Waals surface area contributed by atoms with Gasteiger partial charge in [-0.05, 0) is 48.2 Å². The molecular formula is C31H32N6O4. The molecule has 0 saturated carbocycles. The molecule has 0 saturated heterocycles. The van der Waals surface area contributed by atoms with E-state index in [1.165, 1.54) is 6.20 Å². The van der Waals surface area contributed by atoms with Crippen molar-refractivity contribution in [3.05, 3.63) is 90.4 Å². The van der Waals surface area contributed by atoms with Crippen molar-refractivity contribution in [2.45, 2.75) is 32.7 Å². The fourth-order valence-corrected chi connectivity index (χ4v) is 4.19. The van der Waals surface area contributed by atoms with Gasteiger partial charge in [0.2, 0.25) is 11.8 Å². The van der Waals surface area contributed by atoms with Gasteiger partial charge in [0, 0.05) is 11.8 Å². The predicted molar refractivity (Wildman–Crippen MR) is 155 cm³/mol. The SMILES string of the molecule is CC(C)C[C@H](NC(=O)c1cnc2ccccc2n1)C(=O)NCC(=O)CNC(=O)Cc1cccc(-c2ccccn2)c1. The average Bonchev–Trinajstić information content (AvgIpc) is 2.98. The van der Waals surface area contributed by atoms with E-state index in [1.54, 1.807) is 24.4 Å². The molecule has 0 bridgehead atoms. The maximum atomic E-state index is 12.9. The molecule has 2 aromatic heterocycles. The molecule has 2 heterocycles. The van der Waals surface area contributed by atoms with E-state index in [4.69, 9.17) is 0 Å². The van der Waals surface area contributed by atoms with Gasteiger partial charge in [-0.1, -0.05) is 50.2 Å². The lowest BCUT2D eigenvalue weighted by Gasteiger charge is -2.20. The van der Waals surface area contributed by atoms with Crippen LogP contribution in [0.4, 0.5) is 0 Å². The summed E-state index contributed by atoms with van der Waals surface area (Å²) in [5.74, 6) is -1.62. The normalized spacial score (nSPS) is 11.6. The molecule has 41 heavy (non-hydrogen) atoms. The van der Waals surface area contributed by atoms with Crippen LogP contribution in [0.2, 0.25) is 0 Å². The minimum Gasteiger partial charge on any atom is -0.349 e. The molecule has 10 heteroatoms. The standard InChI is InChI=1S/C31H32N6O4/c1-20(2)14-27(37-31(41)28-19-33-25-11-3-4-12-26(25)36-28)30(40)35-18-23(38)17-34-29(39)16-21-8-7-9-22(15-21)24-10-5-6-13-32-24/h3-13,15,19-20,27H,14,16-18H2,1-2H3,(H,34,39)(H,35,40)(H,37,41)/t27-/m0/s1. The molecule has 0 aliphatic rings. The second kappa shape index (κ2) is 13.9. The summed E-state index contributed by atoms with van der Waals surface area (Å²) in [5, 5.41) is 7.89. The van der Waals surface area contributed by atoms with Gasteiger partial charge in [-0.3, -0.25) is 29.1 Å². The Hall–Kier alpha value is -4.99. The molecule has 2 aromatic carbocycles. The molecule has 4 rings (SSSR count). The number of fused-ring (bicyclic) bond motifs is 1. The topological polar surface area (TPSA) is 143 Å². The highest BCUT2D eigenvalue weighted by Crippen LogP contribution is 2.18. The van der Waals surface area contributed by atoms with Crippen molar-refractivity contribution in [2.75, 3.05) is 13.1 Å². The number of benzene rings is 2. The van der Waals surface area contributed by atoms with Crippen LogP contribution in [0.3, 0.4) is 0 Å². The van der Waals surface area contributed by atoms with Crippen molar-refractivity contribution in [1.82, 2.24) is 30.9 Å². The summed E-state index contributed by atoms with van der Waals surface area (Å²) < 4.78 is 0. The molecule has 0 unspecified atom stereocenters. The van der Waals surface area contributed by atoms with Crippen LogP contribution in [0.5, 0.6) is 0 Å². The minimum atomic E-state index is -0.871. The van der Waals surface area contributed by atoms with Crippen molar-refractivity contribution in [2.24, 2.45) is 5.92 Å². The molecule has 3 amide bonds. The van der Waals surface area contributed by atoms with Crippen molar-refractivity contribution in [3.63, 3.8) is 0 Å². The quantitative estimate of drug-likeness (QED) is 0.245. The van der Waals surface area contributed by atoms with Crippen molar-refractivity contribution in [1.29, 1.82) is 0 Å². The Morgan fingerprint density at radius 1 is 0.829 bits per heavy atom. The maximum absolute atomic E-state index is 12.9. The monoisotopic (exact) mass is 552 g/mol. The van der Waals surface area contributed by atoms with Crippen LogP contribution in [-0.2, 0) is 20.8 Å². The Bertz CT molecular complexity index is 1540. The first-order valence-corrected chi connectivity index (χ1v) is 13.4. The summed E-state index contributed by atoms with van der Waals surface area (Å²) in [6, 6.07) is 19.4. The third kappa shape index (κ3) is 8.50. The third-order valence-corrected chi connectivity index (χ3v) is 6.20. The van der Waals surface area contributed by atoms with E-state index in [-0.39, 0.29) is 42.8 Å². The summed E-state index contributed by atoms with van der Waals surface area (Å²) in [6.45, 7) is 3.34. The Morgan fingerprint density at radius 2 is 1.59 bits per heavy atom. The van der Waals surface area contributed by atoms with Crippen LogP contribution in [0.15, 0.2) is 79.1 Å². The third-order valence-electron chi connectivity index (χ3n) is 6.20. The molecular weight excluding hydrogens is 520 g/mol. The number of Topliss-reactive ketones (excluding diaryl/α,β-unsaturated/α-hetero) is 1. The fourth-order valence-electron chi connectivity index (χ4n) is 4.19. The Labute approximate surface area is 238 Å². The smallest absolute Gasteiger partial charge is 0.272 e. The van der Waals surface area contributed by atoms with E-state index in [1.807, 2.05) is 62.4 Å². The molecule has 4 aromatic rings. The Balaban J connectivity index is 1.26. The van der Waals surface area contributed by atoms with Gasteiger partial charge in [-0.15, -0.1) is 0 Å². The zero-order chi connectivity index (χ0) is 29.2. The number of amides is 3. The van der Waals surface area contributed by atoms with Gasteiger partial charge in [0.05, 0.1) is 42.4 Å². The van der Waals surface area contributed by atoms with Crippen molar-refractivity contribution >= 4 is 34.5 Å². The van der Waals surface area contributed by atoms with E-state index < -0.39 is 17.9 Å². The summed E-state index contributed by atoms with van der Waals surface area (Å²) >= 11 is 0. The van der Waals surface area contributed by atoms with Gasteiger partial charge in [0.25, 0.3) is 5.91 Å². The number of carbonyl (C=O) groups excluding carboxylic acids is 4. The lowest BCUT2D eigenvalue weighted by molar-refractivity contribution is -0.127. The number of pyridine rings is 1. The Morgan fingerprint density at radius 3 is 2.34 bits per heavy atom. The number of hydrogen-bond acceptors (Lipinski definition) is 7. The summed E-state index contributed by atoms with van der Waals surface area (Å²) in [7, 11) is 0. The number of carbonyl (C=O) groups is 4. The second-order valence-corrected chi connectivity index (χ2v) is 10.0. The molecule has 1 atom stereocenters. The Kier molecular flexibility index (Phi) is 9.82. The number of rotatable bonds is 12. The highest BCUT2D eigenvalue weighted by atomic mass is 16.2. The zero-order valence-electron chi connectivity index (χ0n) is 23.0. The fraction of sp³-hybridized carbons (Fsp3) is 0.258. The number of para-hydroxylation sites is 2. The first-order valence-electron chi connectivity index (χ1n) is 13.4. The van der Waals surface area contributed by atoms with Crippen molar-refractivity contribution < 1.29 is 19.2 Å². The second-order valence-electron chi connectivity index (χ2n) is 10.0. The van der Waals surface area contributed by atoms with Crippen LogP contribution in [0.1, 0.15) is 36.3 Å². The van der Waals surface area contributed by atoms with E-state index in [0.717, 1.165) is 16.8 Å². The lowest BCUT2D eigenvalue weighted by atomic mass is 10.0. The van der Waals surface area contributed by atoms with Crippen LogP contribution >= 0.6 is 0 Å². The van der Waals surface area contributed by atoms with Gasteiger partial charge in [-0.25, -0.2) is 4.98 Å². The van der Waals surface area contributed by atoms with E-state index in [9.17, 15) is 19.2 Å². The number of hydrogen-bond donors (Lipinski definition) is 3. The molecule has 210 valence electrons. The van der Waals surface area contributed by atoms with Crippen LogP contribution in [0, 0.1) is 5.92 Å². The minimum absolute atomic E-state index is 0.0922. The van der Waals surface area contributed by atoms with Gasteiger partial charge in [0.1, 0.15) is 11.7 Å². The van der Waals surface area contributed by atoms with Crippen molar-refractivity contribution in [3.8, 4) is 11.3 Å². The highest BCUT2D eigenvalue weighted by Gasteiger charge is 2.24. The zero-order valence-corrected chi connectivity index (χ0v) is 23.0. The summed E-state index contributed by atoms with van der Waals surface area (Å²) in [5.41, 5.74) is 3.80. The van der Waals surface area contributed by atoms with Crippen LogP contribution in [0.25, 0.3) is 22.3 Å². The van der Waals surface area contributed by atoms with Gasteiger partial charge in [-0.2, -0.15) is 0 Å². The molecule has 0 aliphatic heterocycles. The largest absolute Gasteiger partial charge is 0.349 e. The molecule has 0 fully saturated rings. The predicted octanol–water partition coefficient (Wildman–Crippen LogP) is 2.88. The summed E-state index contributed by atoms with van der Waals surface area (Å²) in [6.07, 6.45) is 3.53. The van der Waals surface area contributed by atoms with E-state index in [2.05, 4.69) is 30.9 Å². The van der Waals surface area contributed by atoms with Gasteiger partial charge >= 0.3 is 0 Å². The van der Waals surface area contributed by atoms with Gasteiger partial charge < -0.3 is 16.0 Å². The number of ketones is 1. The number of aromatic nitrogens is 3. The molecule has 0 aliphatic carbocycles. The first kappa shape index (κ1) is 29.0. The maximum Gasteiger partial charge on any atom is 0.272 e. The van der Waals surface area contributed by atoms with E-state index >= 15 is 0 Å². The lowest BCUT2D eigenvalue weighted by Crippen LogP contribution is -2.49. The summed E-state index contributed by atoms with van der Waals surface area (Å²) in [4.78, 5) is 63.5. The molecule has 10 nitrogen and oxygen atoms in total. The first-order chi connectivity index (χ1) is 19.8. The molecule has 0 spiro atoms. The average molecular weight is 553 g/mol. The number of nitrogens with zero attached hydrogens (tertiary/aromatic N) is 3. The molecule has 3 N–H and O–H groups in total. The van der Waals surface area contributed by atoms with Crippen LogP contribution < -0.4 is 16.0 Å². The number of nitrogens with one attached hydrogen (secondary N) is 3. The van der Waals surface area contributed by atoms with E-state index in [0.29, 0.717) is 17.5 Å². The van der Waals surface area contributed by atoms with Crippen LogP contribution in [-0.4, -0.2) is 57.6 Å². The van der Waals surface area contributed by atoms with Gasteiger partial charge in [0.15, 0.2) is 5.78 Å². The molecule has 0 radical (unpaired) electrons. The highest BCUT2D eigenvalue weighted by molar-refractivity contribution is 5.98.